The molecule has 13 nitrogen and oxygen atoms in total. The molecule has 2 aromatic rings. The van der Waals surface area contributed by atoms with Crippen LogP contribution in [0.5, 0.6) is 11.5 Å². The van der Waals surface area contributed by atoms with Crippen LogP contribution in [0.15, 0.2) is 48.5 Å². The van der Waals surface area contributed by atoms with Crippen LogP contribution in [0, 0.1) is 11.3 Å². The maximum atomic E-state index is 14.5. The van der Waals surface area contributed by atoms with Gasteiger partial charge in [0.15, 0.2) is 0 Å². The van der Waals surface area contributed by atoms with Gasteiger partial charge in [-0.15, -0.1) is 0 Å². The van der Waals surface area contributed by atoms with E-state index in [1.54, 1.807) is 52.8 Å². The van der Waals surface area contributed by atoms with E-state index in [1.807, 2.05) is 35.1 Å². The number of rotatable bonds is 6. The third kappa shape index (κ3) is 8.36. The first kappa shape index (κ1) is 38.3. The first-order chi connectivity index (χ1) is 24.8. The Kier molecular flexibility index (Phi) is 10.2. The summed E-state index contributed by atoms with van der Waals surface area (Å²) in [7, 11) is -4.12. The van der Waals surface area contributed by atoms with Crippen LogP contribution >= 0.6 is 0 Å². The number of cyclic esters (lactones) is 1. The second kappa shape index (κ2) is 14.1. The van der Waals surface area contributed by atoms with Crippen molar-refractivity contribution in [3.8, 4) is 22.6 Å². The van der Waals surface area contributed by atoms with Gasteiger partial charge in [-0.3, -0.25) is 19.1 Å². The largest absolute Gasteiger partial charge is 0.493 e. The molecule has 0 spiro atoms. The van der Waals surface area contributed by atoms with Gasteiger partial charge in [0.05, 0.1) is 24.3 Å². The molecule has 4 aliphatic rings. The second-order valence-corrected chi connectivity index (χ2v) is 17.9. The number of alkyl carbamates (subject to hydrolysis) is 1. The maximum absolute atomic E-state index is 14.5. The Morgan fingerprint density at radius 3 is 2.43 bits per heavy atom. The molecule has 4 amide bonds. The van der Waals surface area contributed by atoms with Gasteiger partial charge in [-0.1, -0.05) is 51.1 Å². The summed E-state index contributed by atoms with van der Waals surface area (Å²) in [6.07, 6.45) is -4.35. The third-order valence-electron chi connectivity index (χ3n) is 10.2. The summed E-state index contributed by atoms with van der Waals surface area (Å²) in [6, 6.07) is 12.0. The second-order valence-electron chi connectivity index (χ2n) is 16.0. The number of sulfonamides is 1. The number of hydrogen-bond acceptors (Lipinski definition) is 9. The van der Waals surface area contributed by atoms with Crippen molar-refractivity contribution in [1.82, 2.24) is 20.3 Å². The first-order valence-electron chi connectivity index (χ1n) is 17.7. The van der Waals surface area contributed by atoms with E-state index in [1.165, 1.54) is 4.90 Å². The molecule has 3 fully saturated rings. The molecule has 2 aliphatic carbocycles. The van der Waals surface area contributed by atoms with Gasteiger partial charge in [0.2, 0.25) is 28.3 Å². The number of para-hydroxylation sites is 1. The van der Waals surface area contributed by atoms with Crippen LogP contribution < -0.4 is 24.8 Å². The first-order valence-corrected chi connectivity index (χ1v) is 19.3. The van der Waals surface area contributed by atoms with Crippen molar-refractivity contribution in [1.29, 1.82) is 0 Å². The molecular formula is C37H46F2N4O9S. The smallest absolute Gasteiger partial charge is 0.408 e. The lowest BCUT2D eigenvalue weighted by Crippen LogP contribution is -2.60. The van der Waals surface area contributed by atoms with Crippen LogP contribution in [0.3, 0.4) is 0 Å². The normalized spacial score (nSPS) is 27.5. The van der Waals surface area contributed by atoms with Crippen LogP contribution in [0.1, 0.15) is 66.7 Å². The minimum atomic E-state index is -4.12. The lowest BCUT2D eigenvalue weighted by atomic mass is 9.85. The van der Waals surface area contributed by atoms with Crippen LogP contribution in [0.4, 0.5) is 13.6 Å². The summed E-state index contributed by atoms with van der Waals surface area (Å²) >= 11 is 0. The van der Waals surface area contributed by atoms with Crippen molar-refractivity contribution < 1.29 is 50.6 Å². The van der Waals surface area contributed by atoms with Crippen LogP contribution in [-0.2, 0) is 29.1 Å². The van der Waals surface area contributed by atoms with Crippen molar-refractivity contribution >= 4 is 33.8 Å². The van der Waals surface area contributed by atoms with E-state index in [4.69, 9.17) is 14.2 Å². The average Bonchev–Trinajstić information content (AvgIpc) is 3.99. The molecule has 6 rings (SSSR count). The van der Waals surface area contributed by atoms with E-state index in [2.05, 4.69) is 10.6 Å². The number of benzene rings is 2. The SMILES string of the molecule is CC1(C)CCOc2cccc(c2)-c2ccccc2OC2C[C@@H](C(=O)NC3(C(=O)NS(=O)(=O)C4CC4)C[C@H]3C(F)F)N(C2)C(=O)[C@H](C(C)(C)C)NC(=O)O1. The fourth-order valence-corrected chi connectivity index (χ4v) is 8.20. The highest BCUT2D eigenvalue weighted by Crippen LogP contribution is 2.48. The predicted octanol–water partition coefficient (Wildman–Crippen LogP) is 4.15. The molecule has 3 N–H and O–H groups in total. The summed E-state index contributed by atoms with van der Waals surface area (Å²) < 4.78 is 73.6. The van der Waals surface area contributed by atoms with E-state index < -0.39 is 92.6 Å². The minimum Gasteiger partial charge on any atom is -0.493 e. The number of carbonyl (C=O) groups is 4. The molecule has 288 valence electrons. The molecule has 2 heterocycles. The fourth-order valence-electron chi connectivity index (χ4n) is 6.83. The molecule has 16 heteroatoms. The lowest BCUT2D eigenvalue weighted by molar-refractivity contribution is -0.143. The number of ether oxygens (including phenoxy) is 3. The molecule has 4 bridgehead atoms. The number of nitrogens with one attached hydrogen (secondary N) is 3. The molecule has 5 atom stereocenters. The van der Waals surface area contributed by atoms with E-state index in [0.717, 1.165) is 5.56 Å². The highest BCUT2D eigenvalue weighted by molar-refractivity contribution is 7.91. The Bertz CT molecular complexity index is 1880. The van der Waals surface area contributed by atoms with Crippen molar-refractivity contribution in [2.24, 2.45) is 11.3 Å². The zero-order valence-electron chi connectivity index (χ0n) is 30.3. The number of hydrogen-bond donors (Lipinski definition) is 3. The number of carbonyl (C=O) groups excluding carboxylic acids is 4. The fraction of sp³-hybridized carbons (Fsp3) is 0.568. The zero-order valence-corrected chi connectivity index (χ0v) is 31.1. The van der Waals surface area contributed by atoms with Gasteiger partial charge < -0.3 is 29.7 Å². The molecule has 2 aromatic carbocycles. The predicted molar refractivity (Wildman–Crippen MR) is 189 cm³/mol. The molecule has 53 heavy (non-hydrogen) atoms. The van der Waals surface area contributed by atoms with Crippen molar-refractivity contribution in [3.63, 3.8) is 0 Å². The Labute approximate surface area is 307 Å². The average molecular weight is 761 g/mol. The van der Waals surface area contributed by atoms with Crippen molar-refractivity contribution in [3.05, 3.63) is 48.5 Å². The summed E-state index contributed by atoms with van der Waals surface area (Å²) in [4.78, 5) is 56.6. The molecule has 2 saturated carbocycles. The molecular weight excluding hydrogens is 714 g/mol. The third-order valence-corrected chi connectivity index (χ3v) is 12.0. The molecule has 2 unspecified atom stereocenters. The number of alkyl halides is 2. The number of amides is 4. The summed E-state index contributed by atoms with van der Waals surface area (Å²) in [6.45, 7) is 8.67. The molecule has 1 saturated heterocycles. The summed E-state index contributed by atoms with van der Waals surface area (Å²) in [5.74, 6) is -3.47. The van der Waals surface area contributed by atoms with Crippen LogP contribution in [0.25, 0.3) is 11.1 Å². The van der Waals surface area contributed by atoms with Gasteiger partial charge in [0.1, 0.15) is 40.8 Å². The van der Waals surface area contributed by atoms with Crippen molar-refractivity contribution in [2.45, 2.75) is 108 Å². The Morgan fingerprint density at radius 2 is 1.77 bits per heavy atom. The Balaban J connectivity index is 1.36. The molecule has 2 aliphatic heterocycles. The van der Waals surface area contributed by atoms with Gasteiger partial charge >= 0.3 is 6.09 Å². The van der Waals surface area contributed by atoms with E-state index in [9.17, 15) is 36.4 Å². The van der Waals surface area contributed by atoms with Crippen LogP contribution in [-0.4, -0.2) is 91.3 Å². The van der Waals surface area contributed by atoms with Gasteiger partial charge in [0, 0.05) is 18.4 Å². The molecule has 0 aromatic heterocycles. The molecule has 0 radical (unpaired) electrons. The number of nitrogens with zero attached hydrogens (tertiary/aromatic N) is 1. The van der Waals surface area contributed by atoms with Gasteiger partial charge in [0.25, 0.3) is 5.91 Å². The highest BCUT2D eigenvalue weighted by Gasteiger charge is 2.67. The number of fused-ring (bicyclic) bond motifs is 6. The topological polar surface area (TPSA) is 169 Å². The van der Waals surface area contributed by atoms with E-state index in [0.29, 0.717) is 36.3 Å². The summed E-state index contributed by atoms with van der Waals surface area (Å²) in [5, 5.41) is 4.30. The van der Waals surface area contributed by atoms with E-state index >= 15 is 0 Å². The highest BCUT2D eigenvalue weighted by atomic mass is 32.2. The monoisotopic (exact) mass is 760 g/mol. The number of halogens is 2. The quantitative estimate of drug-likeness (QED) is 0.392. The van der Waals surface area contributed by atoms with Gasteiger partial charge in [-0.2, -0.15) is 0 Å². The Hall–Kier alpha value is -4.47. The lowest BCUT2D eigenvalue weighted by Gasteiger charge is -2.36. The maximum Gasteiger partial charge on any atom is 0.408 e. The van der Waals surface area contributed by atoms with E-state index in [-0.39, 0.29) is 19.6 Å². The van der Waals surface area contributed by atoms with Gasteiger partial charge in [-0.25, -0.2) is 22.0 Å². The Morgan fingerprint density at radius 1 is 1.06 bits per heavy atom. The van der Waals surface area contributed by atoms with Crippen LogP contribution in [0.2, 0.25) is 0 Å². The minimum absolute atomic E-state index is 0.110. The summed E-state index contributed by atoms with van der Waals surface area (Å²) in [5.41, 5.74) is -2.64. The van der Waals surface area contributed by atoms with Gasteiger partial charge in [-0.05, 0) is 62.3 Å². The standard InChI is InChI=1S/C37H46F2N4O9S/c1-35(2,3)29-32(45)43-20-23(18-27(43)31(44)41-37(19-26(37)30(38)39)33(46)42-53(48,49)24-13-14-24)51-28-12-7-6-11-25(28)21-9-8-10-22(17-21)50-16-15-36(4,5)52-34(47)40-29/h6-12,17,23-24,26-27,29-30H,13-16,18-20H2,1-5H3,(H,40,47)(H,41,44)(H,42,46)/t23?,26-,27-,29+,37?/m0/s1. The zero-order chi connectivity index (χ0) is 38.5. The van der Waals surface area contributed by atoms with Crippen molar-refractivity contribution in [2.75, 3.05) is 13.2 Å².